The molecule has 0 aliphatic rings. The van der Waals surface area contributed by atoms with Crippen molar-refractivity contribution in [2.45, 2.75) is 19.9 Å². The van der Waals surface area contributed by atoms with Crippen LogP contribution in [0, 0.1) is 6.92 Å². The summed E-state index contributed by atoms with van der Waals surface area (Å²) in [6.45, 7) is 3.17. The number of ether oxygens (including phenoxy) is 1. The lowest BCUT2D eigenvalue weighted by atomic mass is 10.1. The minimum Gasteiger partial charge on any atom is -0.496 e. The molecule has 0 radical (unpaired) electrons. The molecule has 0 saturated heterocycles. The Morgan fingerprint density at radius 2 is 1.93 bits per heavy atom. The van der Waals surface area contributed by atoms with E-state index in [1.54, 1.807) is 13.3 Å². The van der Waals surface area contributed by atoms with Gasteiger partial charge in [-0.1, -0.05) is 48.0 Å². The minimum absolute atomic E-state index is 0.241. The summed E-state index contributed by atoms with van der Waals surface area (Å²) in [6.07, 6.45) is 3.85. The number of rotatable bonds is 8. The van der Waals surface area contributed by atoms with E-state index in [-0.39, 0.29) is 5.91 Å². The Balaban J connectivity index is 1.49. The lowest BCUT2D eigenvalue weighted by Crippen LogP contribution is -2.24. The molecule has 6 heteroatoms. The quantitative estimate of drug-likeness (QED) is 0.630. The van der Waals surface area contributed by atoms with E-state index in [0.717, 1.165) is 28.9 Å². The summed E-state index contributed by atoms with van der Waals surface area (Å²) in [5, 5.41) is 6.08. The number of hydrogen-bond acceptors (Lipinski definition) is 5. The maximum atomic E-state index is 12.2. The van der Waals surface area contributed by atoms with Crippen LogP contribution in [0.4, 0.5) is 5.82 Å². The number of benzene rings is 2. The zero-order valence-electron chi connectivity index (χ0n) is 16.1. The minimum atomic E-state index is -0.241. The number of nitrogens with one attached hydrogen (secondary N) is 2. The Morgan fingerprint density at radius 1 is 1.07 bits per heavy atom. The highest BCUT2D eigenvalue weighted by Gasteiger charge is 2.08. The molecule has 144 valence electrons. The van der Waals surface area contributed by atoms with Crippen molar-refractivity contribution in [1.82, 2.24) is 15.3 Å². The topological polar surface area (TPSA) is 76.1 Å². The van der Waals surface area contributed by atoms with Crippen molar-refractivity contribution in [2.75, 3.05) is 19.0 Å². The number of methoxy groups -OCH3 is 1. The highest BCUT2D eigenvalue weighted by Crippen LogP contribution is 2.17. The summed E-state index contributed by atoms with van der Waals surface area (Å²) in [5.74, 6) is 1.26. The average Bonchev–Trinajstić information content (AvgIpc) is 2.73. The molecule has 1 aromatic heterocycles. The Kier molecular flexibility index (Phi) is 6.57. The van der Waals surface area contributed by atoms with Gasteiger partial charge in [0, 0.05) is 13.1 Å². The van der Waals surface area contributed by atoms with Gasteiger partial charge in [0.2, 0.25) is 0 Å². The van der Waals surface area contributed by atoms with Crippen LogP contribution in [0.2, 0.25) is 0 Å². The second-order valence-electron chi connectivity index (χ2n) is 6.45. The van der Waals surface area contributed by atoms with Crippen molar-refractivity contribution in [3.8, 4) is 5.75 Å². The van der Waals surface area contributed by atoms with Crippen molar-refractivity contribution >= 4 is 11.7 Å². The van der Waals surface area contributed by atoms with E-state index in [0.29, 0.717) is 24.6 Å². The zero-order valence-corrected chi connectivity index (χ0v) is 16.1. The molecule has 0 bridgehead atoms. The van der Waals surface area contributed by atoms with Gasteiger partial charge in [0.15, 0.2) is 0 Å². The highest BCUT2D eigenvalue weighted by atomic mass is 16.5. The van der Waals surface area contributed by atoms with E-state index in [4.69, 9.17) is 4.74 Å². The lowest BCUT2D eigenvalue weighted by Gasteiger charge is -2.09. The van der Waals surface area contributed by atoms with Crippen LogP contribution in [-0.2, 0) is 13.0 Å². The Hall–Kier alpha value is -3.41. The summed E-state index contributed by atoms with van der Waals surface area (Å²) < 4.78 is 5.35. The van der Waals surface area contributed by atoms with Crippen LogP contribution in [-0.4, -0.2) is 29.5 Å². The fourth-order valence-electron chi connectivity index (χ4n) is 2.87. The first-order valence-corrected chi connectivity index (χ1v) is 9.17. The number of amides is 1. The number of anilines is 1. The molecular formula is C22H24N4O2. The number of para-hydroxylation sites is 1. The maximum absolute atomic E-state index is 12.2. The third-order valence-electron chi connectivity index (χ3n) is 4.31. The number of nitrogens with zero attached hydrogens (tertiary/aromatic N) is 2. The van der Waals surface area contributed by atoms with Crippen molar-refractivity contribution in [3.63, 3.8) is 0 Å². The molecule has 0 fully saturated rings. The summed E-state index contributed by atoms with van der Waals surface area (Å²) in [6, 6.07) is 15.9. The predicted molar refractivity (Wildman–Crippen MR) is 110 cm³/mol. The van der Waals surface area contributed by atoms with Crippen LogP contribution in [0.15, 0.2) is 60.9 Å². The maximum Gasteiger partial charge on any atom is 0.271 e. The number of carbonyl (C=O) groups excluding carboxylic acids is 1. The van der Waals surface area contributed by atoms with Crippen LogP contribution >= 0.6 is 0 Å². The Morgan fingerprint density at radius 3 is 2.68 bits per heavy atom. The molecule has 0 unspecified atom stereocenters. The normalized spacial score (nSPS) is 10.4. The molecule has 0 aliphatic heterocycles. The Bertz CT molecular complexity index is 926. The van der Waals surface area contributed by atoms with Gasteiger partial charge in [0.25, 0.3) is 5.91 Å². The van der Waals surface area contributed by atoms with Gasteiger partial charge in [0.05, 0.1) is 19.5 Å². The molecule has 0 aliphatic carbocycles. The van der Waals surface area contributed by atoms with Gasteiger partial charge in [0.1, 0.15) is 17.3 Å². The summed E-state index contributed by atoms with van der Waals surface area (Å²) in [7, 11) is 1.67. The fourth-order valence-corrected chi connectivity index (χ4v) is 2.87. The third-order valence-corrected chi connectivity index (χ3v) is 4.31. The molecule has 0 saturated carbocycles. The first-order valence-electron chi connectivity index (χ1n) is 9.17. The van der Waals surface area contributed by atoms with E-state index in [1.165, 1.54) is 6.20 Å². The predicted octanol–water partition coefficient (Wildman–Crippen LogP) is 3.38. The smallest absolute Gasteiger partial charge is 0.271 e. The molecule has 0 spiro atoms. The largest absolute Gasteiger partial charge is 0.496 e. The van der Waals surface area contributed by atoms with E-state index >= 15 is 0 Å². The van der Waals surface area contributed by atoms with Crippen LogP contribution in [0.3, 0.4) is 0 Å². The highest BCUT2D eigenvalue weighted by molar-refractivity contribution is 5.91. The van der Waals surface area contributed by atoms with Gasteiger partial charge in [-0.05, 0) is 30.5 Å². The molecule has 2 aromatic carbocycles. The lowest BCUT2D eigenvalue weighted by molar-refractivity contribution is 0.0945. The Labute approximate surface area is 165 Å². The van der Waals surface area contributed by atoms with Crippen LogP contribution < -0.4 is 15.4 Å². The molecule has 3 aromatic rings. The standard InChI is InChI=1S/C22H24N4O2/c1-16-6-5-7-17(12-16)13-26-22(27)19-14-25-21(15-24-19)23-11-10-18-8-3-4-9-20(18)28-2/h3-9,12,14-15H,10-11,13H2,1-2H3,(H,23,25)(H,26,27). The number of hydrogen-bond donors (Lipinski definition) is 2. The summed E-state index contributed by atoms with van der Waals surface area (Å²) in [5.41, 5.74) is 3.63. The average molecular weight is 376 g/mol. The van der Waals surface area contributed by atoms with Gasteiger partial charge in [-0.3, -0.25) is 4.79 Å². The van der Waals surface area contributed by atoms with Crippen molar-refractivity contribution < 1.29 is 9.53 Å². The van der Waals surface area contributed by atoms with Gasteiger partial charge in [-0.15, -0.1) is 0 Å². The van der Waals surface area contributed by atoms with Crippen molar-refractivity contribution in [2.24, 2.45) is 0 Å². The number of carbonyl (C=O) groups is 1. The van der Waals surface area contributed by atoms with Gasteiger partial charge >= 0.3 is 0 Å². The van der Waals surface area contributed by atoms with Crippen LogP contribution in [0.25, 0.3) is 0 Å². The second kappa shape index (κ2) is 9.50. The van der Waals surface area contributed by atoms with Gasteiger partial charge < -0.3 is 15.4 Å². The summed E-state index contributed by atoms with van der Waals surface area (Å²) in [4.78, 5) is 20.7. The van der Waals surface area contributed by atoms with Crippen molar-refractivity contribution in [3.05, 3.63) is 83.3 Å². The molecule has 0 atom stereocenters. The van der Waals surface area contributed by atoms with Gasteiger partial charge in [-0.25, -0.2) is 9.97 Å². The summed E-state index contributed by atoms with van der Waals surface area (Å²) >= 11 is 0. The third kappa shape index (κ3) is 5.30. The molecule has 28 heavy (non-hydrogen) atoms. The molecule has 1 amide bonds. The first kappa shape index (κ1) is 19.4. The van der Waals surface area contributed by atoms with Crippen LogP contribution in [0.1, 0.15) is 27.2 Å². The van der Waals surface area contributed by atoms with E-state index in [9.17, 15) is 4.79 Å². The zero-order chi connectivity index (χ0) is 19.8. The molecule has 3 rings (SSSR count). The van der Waals surface area contributed by atoms with Crippen molar-refractivity contribution in [1.29, 1.82) is 0 Å². The van der Waals surface area contributed by atoms with Crippen LogP contribution in [0.5, 0.6) is 5.75 Å². The van der Waals surface area contributed by atoms with E-state index < -0.39 is 0 Å². The first-order chi connectivity index (χ1) is 13.7. The molecule has 1 heterocycles. The van der Waals surface area contributed by atoms with Gasteiger partial charge in [-0.2, -0.15) is 0 Å². The number of aromatic nitrogens is 2. The monoisotopic (exact) mass is 376 g/mol. The van der Waals surface area contributed by atoms with E-state index in [1.807, 2.05) is 55.5 Å². The number of aryl methyl sites for hydroxylation is 1. The van der Waals surface area contributed by atoms with E-state index in [2.05, 4.69) is 20.6 Å². The molecule has 2 N–H and O–H groups in total. The second-order valence-corrected chi connectivity index (χ2v) is 6.45. The molecule has 6 nitrogen and oxygen atoms in total. The fraction of sp³-hybridized carbons (Fsp3) is 0.227. The molecular weight excluding hydrogens is 352 g/mol. The SMILES string of the molecule is COc1ccccc1CCNc1cnc(C(=O)NCc2cccc(C)c2)cn1.